The maximum absolute atomic E-state index is 13.1. The summed E-state index contributed by atoms with van der Waals surface area (Å²) >= 11 is 0. The van der Waals surface area contributed by atoms with Gasteiger partial charge in [-0.05, 0) is 51.6 Å². The summed E-state index contributed by atoms with van der Waals surface area (Å²) in [6, 6.07) is 5.98. The fraction of sp³-hybridized carbons (Fsp3) is 0.556. The van der Waals surface area contributed by atoms with Gasteiger partial charge in [0.25, 0.3) is 0 Å². The molecule has 0 saturated heterocycles. The van der Waals surface area contributed by atoms with Crippen LogP contribution in [-0.2, 0) is 19.9 Å². The summed E-state index contributed by atoms with van der Waals surface area (Å²) in [5.41, 5.74) is -0.142. The minimum absolute atomic E-state index is 0.132. The van der Waals surface area contributed by atoms with E-state index in [0.29, 0.717) is 13.0 Å². The van der Waals surface area contributed by atoms with Crippen molar-refractivity contribution in [2.45, 2.75) is 38.1 Å². The summed E-state index contributed by atoms with van der Waals surface area (Å²) in [7, 11) is 5.01. The van der Waals surface area contributed by atoms with Gasteiger partial charge in [0.15, 0.2) is 0 Å². The largest absolute Gasteiger partial charge is 0.469 e. The number of benzene rings is 1. The van der Waals surface area contributed by atoms with Gasteiger partial charge in [-0.1, -0.05) is 18.6 Å². The van der Waals surface area contributed by atoms with Crippen LogP contribution in [0.1, 0.15) is 38.2 Å². The molecule has 0 aromatic heterocycles. The molecule has 0 aliphatic carbocycles. The van der Waals surface area contributed by atoms with Gasteiger partial charge in [0.2, 0.25) is 5.91 Å². The van der Waals surface area contributed by atoms with Crippen LogP contribution in [0.3, 0.4) is 0 Å². The molecule has 0 unspecified atom stereocenters. The number of carbonyl (C=O) groups excluding carboxylic acids is 2. The molecule has 5 nitrogen and oxygen atoms in total. The predicted molar refractivity (Wildman–Crippen MR) is 90.9 cm³/mol. The van der Waals surface area contributed by atoms with Crippen molar-refractivity contribution < 1.29 is 18.7 Å². The number of hydrogen-bond donors (Lipinski definition) is 1. The van der Waals surface area contributed by atoms with E-state index in [9.17, 15) is 14.0 Å². The Labute approximate surface area is 143 Å². The summed E-state index contributed by atoms with van der Waals surface area (Å²) in [6.45, 7) is 2.34. The second kappa shape index (κ2) is 9.37. The first-order valence-electron chi connectivity index (χ1n) is 8.11. The van der Waals surface area contributed by atoms with E-state index < -0.39 is 5.54 Å². The number of carbonyl (C=O) groups is 2. The number of amides is 1. The Morgan fingerprint density at radius 3 is 2.33 bits per heavy atom. The number of unbranched alkanes of at least 4 members (excludes halogenated alkanes) is 2. The van der Waals surface area contributed by atoms with Gasteiger partial charge in [-0.2, -0.15) is 0 Å². The van der Waals surface area contributed by atoms with Crippen LogP contribution in [0.2, 0.25) is 0 Å². The van der Waals surface area contributed by atoms with E-state index in [0.717, 1.165) is 24.8 Å². The van der Waals surface area contributed by atoms with E-state index in [-0.39, 0.29) is 17.7 Å². The third-order valence-electron chi connectivity index (χ3n) is 4.31. The van der Waals surface area contributed by atoms with Crippen LogP contribution in [0.4, 0.5) is 4.39 Å². The zero-order valence-corrected chi connectivity index (χ0v) is 14.9. The molecule has 1 N–H and O–H groups in total. The molecule has 1 aromatic rings. The molecule has 0 saturated carbocycles. The first-order valence-corrected chi connectivity index (χ1v) is 8.11. The maximum atomic E-state index is 13.1. The third-order valence-corrected chi connectivity index (χ3v) is 4.31. The maximum Gasteiger partial charge on any atom is 0.305 e. The number of rotatable bonds is 9. The Morgan fingerprint density at radius 2 is 1.79 bits per heavy atom. The highest BCUT2D eigenvalue weighted by atomic mass is 19.1. The summed E-state index contributed by atoms with van der Waals surface area (Å²) in [5.74, 6) is -0.673. The lowest BCUT2D eigenvalue weighted by Gasteiger charge is -2.35. The number of nitrogens with zero attached hydrogens (tertiary/aromatic N) is 1. The fourth-order valence-electron chi connectivity index (χ4n) is 2.41. The molecule has 0 aliphatic rings. The van der Waals surface area contributed by atoms with Gasteiger partial charge < -0.3 is 10.1 Å². The van der Waals surface area contributed by atoms with Crippen LogP contribution in [-0.4, -0.2) is 44.5 Å². The van der Waals surface area contributed by atoms with Crippen molar-refractivity contribution in [2.75, 3.05) is 27.7 Å². The van der Waals surface area contributed by atoms with Gasteiger partial charge in [-0.3, -0.25) is 14.5 Å². The Balaban J connectivity index is 2.55. The van der Waals surface area contributed by atoms with E-state index >= 15 is 0 Å². The SMILES string of the molecule is COC(=O)CCCCCNC(=O)[C@@](C)(c1ccc(F)cc1)N(C)C. The molecule has 1 aromatic carbocycles. The quantitative estimate of drug-likeness (QED) is 0.555. The Kier molecular flexibility index (Phi) is 7.85. The van der Waals surface area contributed by atoms with Crippen LogP contribution in [0.5, 0.6) is 0 Å². The van der Waals surface area contributed by atoms with Gasteiger partial charge >= 0.3 is 5.97 Å². The van der Waals surface area contributed by atoms with Crippen LogP contribution in [0.25, 0.3) is 0 Å². The molecule has 1 atom stereocenters. The van der Waals surface area contributed by atoms with E-state index in [1.165, 1.54) is 19.2 Å². The molecule has 0 aliphatic heterocycles. The number of likely N-dealkylation sites (N-methyl/N-ethyl adjacent to an activating group) is 1. The van der Waals surface area contributed by atoms with Crippen molar-refractivity contribution in [3.05, 3.63) is 35.6 Å². The van der Waals surface area contributed by atoms with Gasteiger partial charge in [0, 0.05) is 13.0 Å². The van der Waals surface area contributed by atoms with Crippen LogP contribution in [0.15, 0.2) is 24.3 Å². The molecular weight excluding hydrogens is 311 g/mol. The number of halogens is 1. The standard InChI is InChI=1S/C18H27FN2O3/c1-18(21(2)3,14-9-11-15(19)12-10-14)17(23)20-13-7-5-6-8-16(22)24-4/h9-12H,5-8,13H2,1-4H3,(H,20,23)/t18-/m1/s1. The number of ether oxygens (including phenoxy) is 1. The zero-order chi connectivity index (χ0) is 18.2. The minimum atomic E-state index is -0.875. The molecule has 0 radical (unpaired) electrons. The van der Waals surface area contributed by atoms with Gasteiger partial charge in [-0.25, -0.2) is 4.39 Å². The van der Waals surface area contributed by atoms with Crippen molar-refractivity contribution in [3.8, 4) is 0 Å². The number of nitrogens with one attached hydrogen (secondary N) is 1. The average molecular weight is 338 g/mol. The first-order chi connectivity index (χ1) is 11.3. The molecule has 24 heavy (non-hydrogen) atoms. The number of hydrogen-bond acceptors (Lipinski definition) is 4. The molecule has 0 bridgehead atoms. The zero-order valence-electron chi connectivity index (χ0n) is 14.9. The molecule has 1 amide bonds. The highest BCUT2D eigenvalue weighted by Gasteiger charge is 2.37. The summed E-state index contributed by atoms with van der Waals surface area (Å²) in [5, 5.41) is 2.93. The summed E-state index contributed by atoms with van der Waals surface area (Å²) in [6.07, 6.45) is 2.77. The Morgan fingerprint density at radius 1 is 1.17 bits per heavy atom. The van der Waals surface area contributed by atoms with Gasteiger partial charge in [0.05, 0.1) is 7.11 Å². The van der Waals surface area contributed by atoms with E-state index in [4.69, 9.17) is 0 Å². The lowest BCUT2D eigenvalue weighted by molar-refractivity contribution is -0.140. The molecule has 1 rings (SSSR count). The molecule has 6 heteroatoms. The number of methoxy groups -OCH3 is 1. The van der Waals surface area contributed by atoms with Gasteiger partial charge in [0.1, 0.15) is 11.4 Å². The second-order valence-electron chi connectivity index (χ2n) is 6.12. The van der Waals surface area contributed by atoms with Gasteiger partial charge in [-0.15, -0.1) is 0 Å². The van der Waals surface area contributed by atoms with Crippen molar-refractivity contribution in [3.63, 3.8) is 0 Å². The molecule has 0 heterocycles. The first kappa shape index (κ1) is 20.1. The Bertz CT molecular complexity index is 546. The van der Waals surface area contributed by atoms with Crippen molar-refractivity contribution >= 4 is 11.9 Å². The fourth-order valence-corrected chi connectivity index (χ4v) is 2.41. The van der Waals surface area contributed by atoms with E-state index in [1.54, 1.807) is 12.1 Å². The molecule has 0 spiro atoms. The minimum Gasteiger partial charge on any atom is -0.469 e. The normalized spacial score (nSPS) is 13.4. The molecular formula is C18H27FN2O3. The number of esters is 1. The highest BCUT2D eigenvalue weighted by Crippen LogP contribution is 2.26. The molecule has 0 fully saturated rings. The van der Waals surface area contributed by atoms with Crippen LogP contribution >= 0.6 is 0 Å². The summed E-state index contributed by atoms with van der Waals surface area (Å²) < 4.78 is 17.7. The topological polar surface area (TPSA) is 58.6 Å². The third kappa shape index (κ3) is 5.30. The monoisotopic (exact) mass is 338 g/mol. The van der Waals surface area contributed by atoms with Crippen LogP contribution < -0.4 is 5.32 Å². The van der Waals surface area contributed by atoms with Crippen molar-refractivity contribution in [1.82, 2.24) is 10.2 Å². The summed E-state index contributed by atoms with van der Waals surface area (Å²) in [4.78, 5) is 25.5. The Hall–Kier alpha value is -1.95. The van der Waals surface area contributed by atoms with E-state index in [2.05, 4.69) is 10.1 Å². The average Bonchev–Trinajstić information content (AvgIpc) is 2.57. The van der Waals surface area contributed by atoms with E-state index in [1.807, 2.05) is 25.9 Å². The second-order valence-corrected chi connectivity index (χ2v) is 6.12. The molecule has 134 valence electrons. The smallest absolute Gasteiger partial charge is 0.305 e. The highest BCUT2D eigenvalue weighted by molar-refractivity contribution is 5.87. The lowest BCUT2D eigenvalue weighted by Crippen LogP contribution is -2.51. The lowest BCUT2D eigenvalue weighted by atomic mass is 9.89. The van der Waals surface area contributed by atoms with Crippen molar-refractivity contribution in [1.29, 1.82) is 0 Å². The predicted octanol–water partition coefficient (Wildman–Crippen LogP) is 2.45. The van der Waals surface area contributed by atoms with Crippen LogP contribution in [0, 0.1) is 5.82 Å². The van der Waals surface area contributed by atoms with Crippen molar-refractivity contribution in [2.24, 2.45) is 0 Å².